The normalized spacial score (nSPS) is 33.7. The second-order valence-corrected chi connectivity index (χ2v) is 4.97. The van der Waals surface area contributed by atoms with Crippen LogP contribution >= 0.6 is 0 Å². The maximum atomic E-state index is 11.5. The summed E-state index contributed by atoms with van der Waals surface area (Å²) in [5.74, 6) is -1.45. The Labute approximate surface area is 89.6 Å². The summed E-state index contributed by atoms with van der Waals surface area (Å²) in [4.78, 5) is 22.8. The molecule has 0 spiro atoms. The third-order valence-electron chi connectivity index (χ3n) is 4.18. The van der Waals surface area contributed by atoms with Gasteiger partial charge in [0.15, 0.2) is 0 Å². The van der Waals surface area contributed by atoms with E-state index in [9.17, 15) is 14.7 Å². The van der Waals surface area contributed by atoms with Gasteiger partial charge in [-0.1, -0.05) is 13.8 Å². The molecular weight excluding hydrogens is 196 g/mol. The van der Waals surface area contributed by atoms with Crippen molar-refractivity contribution < 1.29 is 19.4 Å². The summed E-state index contributed by atoms with van der Waals surface area (Å²) in [5, 5.41) is 9.23. The Morgan fingerprint density at radius 3 is 2.20 bits per heavy atom. The van der Waals surface area contributed by atoms with E-state index >= 15 is 0 Å². The molecule has 4 nitrogen and oxygen atoms in total. The molecule has 4 heteroatoms. The topological polar surface area (TPSA) is 63.6 Å². The highest BCUT2D eigenvalue weighted by Gasteiger charge is 2.58. The highest BCUT2D eigenvalue weighted by molar-refractivity contribution is 5.80. The number of carboxylic acids is 1. The van der Waals surface area contributed by atoms with E-state index in [0.29, 0.717) is 12.8 Å². The summed E-state index contributed by atoms with van der Waals surface area (Å²) in [5.41, 5.74) is -1.40. The summed E-state index contributed by atoms with van der Waals surface area (Å²) in [7, 11) is 1.34. The smallest absolute Gasteiger partial charge is 0.309 e. The molecule has 1 aliphatic rings. The predicted octanol–water partition coefficient (Wildman–Crippen LogP) is 1.69. The second-order valence-electron chi connectivity index (χ2n) is 4.97. The van der Waals surface area contributed by atoms with Gasteiger partial charge in [0.05, 0.1) is 18.4 Å². The average molecular weight is 214 g/mol. The summed E-state index contributed by atoms with van der Waals surface area (Å²) < 4.78 is 4.71. The lowest BCUT2D eigenvalue weighted by Gasteiger charge is -2.37. The van der Waals surface area contributed by atoms with Crippen LogP contribution in [0, 0.1) is 16.7 Å². The SMILES string of the molecule is COC(=O)[C@H]1CC[C@@](C)(C(=O)O)C1(C)C. The van der Waals surface area contributed by atoms with Gasteiger partial charge in [-0.15, -0.1) is 0 Å². The first-order valence-electron chi connectivity index (χ1n) is 5.08. The van der Waals surface area contributed by atoms with E-state index in [0.717, 1.165) is 0 Å². The summed E-state index contributed by atoms with van der Waals surface area (Å²) >= 11 is 0. The van der Waals surface area contributed by atoms with Gasteiger partial charge in [-0.25, -0.2) is 0 Å². The van der Waals surface area contributed by atoms with E-state index < -0.39 is 16.8 Å². The van der Waals surface area contributed by atoms with Crippen molar-refractivity contribution in [2.45, 2.75) is 33.6 Å². The van der Waals surface area contributed by atoms with Crippen molar-refractivity contribution in [2.75, 3.05) is 7.11 Å². The zero-order valence-corrected chi connectivity index (χ0v) is 9.66. The van der Waals surface area contributed by atoms with Crippen molar-refractivity contribution in [2.24, 2.45) is 16.7 Å². The van der Waals surface area contributed by atoms with Crippen LogP contribution in [0.1, 0.15) is 33.6 Å². The van der Waals surface area contributed by atoms with Crippen LogP contribution < -0.4 is 0 Å². The number of hydrogen-bond acceptors (Lipinski definition) is 3. The first kappa shape index (κ1) is 12.0. The number of carboxylic acid groups (broad SMARTS) is 1. The maximum absolute atomic E-state index is 11.5. The lowest BCUT2D eigenvalue weighted by atomic mass is 9.66. The standard InChI is InChI=1S/C11H18O4/c1-10(2)7(8(12)15-4)5-6-11(10,3)9(13)14/h7H,5-6H2,1-4H3,(H,13,14)/t7-,11+/m1/s1. The van der Waals surface area contributed by atoms with Gasteiger partial charge in [0, 0.05) is 0 Å². The van der Waals surface area contributed by atoms with Crippen molar-refractivity contribution in [1.82, 2.24) is 0 Å². The van der Waals surface area contributed by atoms with Gasteiger partial charge in [0.1, 0.15) is 0 Å². The minimum atomic E-state index is -0.841. The average Bonchev–Trinajstić information content (AvgIpc) is 2.39. The molecule has 0 unspecified atom stereocenters. The number of carbonyl (C=O) groups is 2. The molecule has 1 N–H and O–H groups in total. The molecule has 0 aliphatic heterocycles. The number of hydrogen-bond donors (Lipinski definition) is 1. The molecule has 0 radical (unpaired) electrons. The monoisotopic (exact) mass is 214 g/mol. The van der Waals surface area contributed by atoms with Gasteiger partial charge in [0.25, 0.3) is 0 Å². The minimum Gasteiger partial charge on any atom is -0.481 e. The largest absolute Gasteiger partial charge is 0.481 e. The van der Waals surface area contributed by atoms with Gasteiger partial charge in [-0.05, 0) is 25.2 Å². The minimum absolute atomic E-state index is 0.301. The van der Waals surface area contributed by atoms with Crippen LogP contribution in [0.3, 0.4) is 0 Å². The lowest BCUT2D eigenvalue weighted by Crippen LogP contribution is -2.42. The van der Waals surface area contributed by atoms with Gasteiger partial charge < -0.3 is 9.84 Å². The Morgan fingerprint density at radius 2 is 1.87 bits per heavy atom. The number of aliphatic carboxylic acids is 1. The van der Waals surface area contributed by atoms with E-state index in [4.69, 9.17) is 4.74 Å². The molecule has 0 aromatic carbocycles. The molecule has 0 heterocycles. The van der Waals surface area contributed by atoms with E-state index in [2.05, 4.69) is 0 Å². The van der Waals surface area contributed by atoms with Crippen molar-refractivity contribution in [3.05, 3.63) is 0 Å². The first-order valence-corrected chi connectivity index (χ1v) is 5.08. The predicted molar refractivity (Wildman–Crippen MR) is 54.3 cm³/mol. The van der Waals surface area contributed by atoms with E-state index in [1.807, 2.05) is 13.8 Å². The lowest BCUT2D eigenvalue weighted by molar-refractivity contribution is -0.159. The molecule has 1 saturated carbocycles. The second kappa shape index (κ2) is 3.51. The van der Waals surface area contributed by atoms with E-state index in [1.54, 1.807) is 6.92 Å². The highest BCUT2D eigenvalue weighted by Crippen LogP contribution is 2.56. The van der Waals surface area contributed by atoms with Crippen molar-refractivity contribution in [1.29, 1.82) is 0 Å². The third kappa shape index (κ3) is 1.52. The number of carbonyl (C=O) groups excluding carboxylic acids is 1. The summed E-state index contributed by atoms with van der Waals surface area (Å²) in [6.07, 6.45) is 1.11. The molecule has 0 aromatic rings. The molecular formula is C11H18O4. The first-order chi connectivity index (χ1) is 6.77. The molecule has 1 aliphatic carbocycles. The number of rotatable bonds is 2. The van der Waals surface area contributed by atoms with Gasteiger partial charge in [-0.2, -0.15) is 0 Å². The Hall–Kier alpha value is -1.06. The molecule has 1 rings (SSSR count). The molecule has 1 fully saturated rings. The van der Waals surface area contributed by atoms with E-state index in [1.165, 1.54) is 7.11 Å². The molecule has 0 aromatic heterocycles. The number of ether oxygens (including phenoxy) is 1. The van der Waals surface area contributed by atoms with Crippen molar-refractivity contribution in [3.63, 3.8) is 0 Å². The maximum Gasteiger partial charge on any atom is 0.309 e. The van der Waals surface area contributed by atoms with Crippen LogP contribution in [0.5, 0.6) is 0 Å². The Morgan fingerprint density at radius 1 is 1.33 bits per heavy atom. The van der Waals surface area contributed by atoms with E-state index in [-0.39, 0.29) is 11.9 Å². The van der Waals surface area contributed by atoms with Crippen LogP contribution in [-0.4, -0.2) is 24.2 Å². The van der Waals surface area contributed by atoms with Crippen LogP contribution in [0.15, 0.2) is 0 Å². The van der Waals surface area contributed by atoms with Crippen LogP contribution in [0.4, 0.5) is 0 Å². The molecule has 0 amide bonds. The molecule has 15 heavy (non-hydrogen) atoms. The van der Waals surface area contributed by atoms with Crippen LogP contribution in [-0.2, 0) is 14.3 Å². The Bertz CT molecular complexity index is 295. The third-order valence-corrected chi connectivity index (χ3v) is 4.18. The van der Waals surface area contributed by atoms with Gasteiger partial charge in [-0.3, -0.25) is 9.59 Å². The quantitative estimate of drug-likeness (QED) is 0.710. The Balaban J connectivity index is 3.04. The highest BCUT2D eigenvalue weighted by atomic mass is 16.5. The molecule has 2 atom stereocenters. The van der Waals surface area contributed by atoms with Crippen molar-refractivity contribution >= 4 is 11.9 Å². The van der Waals surface area contributed by atoms with Crippen LogP contribution in [0.2, 0.25) is 0 Å². The van der Waals surface area contributed by atoms with Crippen LogP contribution in [0.25, 0.3) is 0 Å². The summed E-state index contributed by atoms with van der Waals surface area (Å²) in [6.45, 7) is 5.36. The summed E-state index contributed by atoms with van der Waals surface area (Å²) in [6, 6.07) is 0. The fraction of sp³-hybridized carbons (Fsp3) is 0.818. The zero-order valence-electron chi connectivity index (χ0n) is 9.66. The molecule has 0 saturated heterocycles. The number of methoxy groups -OCH3 is 1. The fourth-order valence-electron chi connectivity index (χ4n) is 2.44. The van der Waals surface area contributed by atoms with Gasteiger partial charge in [0.2, 0.25) is 0 Å². The number of esters is 1. The zero-order chi connectivity index (χ0) is 11.9. The fourth-order valence-corrected chi connectivity index (χ4v) is 2.44. The Kier molecular flexibility index (Phi) is 2.81. The van der Waals surface area contributed by atoms with Gasteiger partial charge >= 0.3 is 11.9 Å². The van der Waals surface area contributed by atoms with Crippen molar-refractivity contribution in [3.8, 4) is 0 Å². The molecule has 0 bridgehead atoms. The molecule has 86 valence electrons.